The van der Waals surface area contributed by atoms with Crippen LogP contribution in [0.25, 0.3) is 0 Å². The third kappa shape index (κ3) is 3.60. The van der Waals surface area contributed by atoms with Crippen LogP contribution in [0.1, 0.15) is 25.3 Å². The van der Waals surface area contributed by atoms with Crippen molar-refractivity contribution in [2.75, 3.05) is 25.5 Å². The summed E-state index contributed by atoms with van der Waals surface area (Å²) in [5.41, 5.74) is 3.39. The number of nitrogens with zero attached hydrogens (tertiary/aromatic N) is 1. The second-order valence-corrected chi connectivity index (χ2v) is 8.27. The Balaban J connectivity index is 1.61. The van der Waals surface area contributed by atoms with E-state index in [0.717, 1.165) is 28.6 Å². The van der Waals surface area contributed by atoms with Crippen LogP contribution < -0.4 is 10.1 Å². The Hall–Kier alpha value is -1.98. The molecule has 2 heterocycles. The number of carbonyl (C=O) groups is 1. The number of ether oxygens (including phenoxy) is 1. The zero-order valence-corrected chi connectivity index (χ0v) is 16.1. The second-order valence-electron chi connectivity index (χ2n) is 7.22. The number of benzene rings is 2. The van der Waals surface area contributed by atoms with E-state index in [1.807, 2.05) is 12.1 Å². The van der Waals surface area contributed by atoms with E-state index in [-0.39, 0.29) is 5.97 Å². The molecule has 4 rings (SSSR count). The average Bonchev–Trinajstić information content (AvgIpc) is 2.61. The molecule has 4 nitrogen and oxygen atoms in total. The van der Waals surface area contributed by atoms with E-state index in [9.17, 15) is 4.79 Å². The van der Waals surface area contributed by atoms with Gasteiger partial charge >= 0.3 is 5.97 Å². The molecule has 1 N–H and O–H groups in total. The molecule has 0 radical (unpaired) electrons. The molecular formula is C21H24N2O2S. The van der Waals surface area contributed by atoms with Crippen molar-refractivity contribution in [3.8, 4) is 5.75 Å². The van der Waals surface area contributed by atoms with Crippen molar-refractivity contribution in [2.24, 2.45) is 5.92 Å². The van der Waals surface area contributed by atoms with Crippen molar-refractivity contribution < 1.29 is 9.53 Å². The minimum absolute atomic E-state index is 0.300. The third-order valence-electron chi connectivity index (χ3n) is 5.04. The Morgan fingerprint density at radius 2 is 2.15 bits per heavy atom. The van der Waals surface area contributed by atoms with Crippen molar-refractivity contribution in [1.29, 1.82) is 0 Å². The van der Waals surface area contributed by atoms with Crippen molar-refractivity contribution >= 4 is 29.1 Å². The summed E-state index contributed by atoms with van der Waals surface area (Å²) in [7, 11) is 2.22. The maximum Gasteiger partial charge on any atom is 0.308 e. The molecular weight excluding hydrogens is 344 g/mol. The monoisotopic (exact) mass is 368 g/mol. The predicted molar refractivity (Wildman–Crippen MR) is 106 cm³/mol. The lowest BCUT2D eigenvalue weighted by molar-refractivity contribution is -0.131. The van der Waals surface area contributed by atoms with E-state index in [2.05, 4.69) is 41.5 Å². The van der Waals surface area contributed by atoms with Gasteiger partial charge in [-0.25, -0.2) is 0 Å². The first-order valence-corrected chi connectivity index (χ1v) is 9.98. The number of fused-ring (bicyclic) bond motifs is 2. The Bertz CT molecular complexity index is 837. The van der Waals surface area contributed by atoms with Gasteiger partial charge in [0.25, 0.3) is 0 Å². The van der Waals surface area contributed by atoms with Crippen molar-refractivity contribution in [2.45, 2.75) is 36.0 Å². The summed E-state index contributed by atoms with van der Waals surface area (Å²) in [6.07, 6.45) is 3.70. The number of para-hydroxylation sites is 1. The molecule has 1 saturated heterocycles. The Morgan fingerprint density at radius 3 is 2.96 bits per heavy atom. The Kier molecular flexibility index (Phi) is 4.92. The number of nitrogens with one attached hydrogen (secondary N) is 1. The van der Waals surface area contributed by atoms with Gasteiger partial charge in [-0.3, -0.25) is 4.79 Å². The summed E-state index contributed by atoms with van der Waals surface area (Å²) in [5, 5.41) is 3.49. The summed E-state index contributed by atoms with van der Waals surface area (Å²) in [6, 6.07) is 12.3. The van der Waals surface area contributed by atoms with E-state index in [1.165, 1.54) is 43.3 Å². The van der Waals surface area contributed by atoms with Crippen LogP contribution in [0.15, 0.2) is 46.2 Å². The lowest BCUT2D eigenvalue weighted by atomic mass is 9.91. The number of hydrogen-bond acceptors (Lipinski definition) is 5. The first kappa shape index (κ1) is 17.4. The molecule has 2 aromatic carbocycles. The summed E-state index contributed by atoms with van der Waals surface area (Å²) < 4.78 is 5.37. The van der Waals surface area contributed by atoms with Gasteiger partial charge in [-0.15, -0.1) is 0 Å². The maximum atomic E-state index is 11.4. The van der Waals surface area contributed by atoms with Gasteiger partial charge in [-0.1, -0.05) is 30.0 Å². The van der Waals surface area contributed by atoms with E-state index in [4.69, 9.17) is 4.74 Å². The van der Waals surface area contributed by atoms with Gasteiger partial charge in [0.05, 0.1) is 11.4 Å². The van der Waals surface area contributed by atoms with Crippen molar-refractivity contribution in [3.05, 3.63) is 42.0 Å². The van der Waals surface area contributed by atoms with E-state index >= 15 is 0 Å². The lowest BCUT2D eigenvalue weighted by Gasteiger charge is -2.31. The largest absolute Gasteiger partial charge is 0.424 e. The molecule has 0 amide bonds. The summed E-state index contributed by atoms with van der Waals surface area (Å²) in [5.74, 6) is 1.01. The highest BCUT2D eigenvalue weighted by Crippen LogP contribution is 2.49. The highest BCUT2D eigenvalue weighted by Gasteiger charge is 2.24. The topological polar surface area (TPSA) is 41.6 Å². The van der Waals surface area contributed by atoms with Crippen LogP contribution in [0, 0.1) is 5.92 Å². The van der Waals surface area contributed by atoms with Crippen LogP contribution in [0.2, 0.25) is 0 Å². The zero-order valence-electron chi connectivity index (χ0n) is 15.2. The van der Waals surface area contributed by atoms with Crippen molar-refractivity contribution in [1.82, 2.24) is 4.90 Å². The third-order valence-corrected chi connectivity index (χ3v) is 6.29. The molecule has 1 fully saturated rings. The predicted octanol–water partition coefficient (Wildman–Crippen LogP) is 4.70. The average molecular weight is 369 g/mol. The number of likely N-dealkylation sites (tertiary alicyclic amines) is 1. The van der Waals surface area contributed by atoms with Crippen LogP contribution >= 0.6 is 11.8 Å². The van der Waals surface area contributed by atoms with Crippen LogP contribution in [0.5, 0.6) is 5.75 Å². The molecule has 2 aromatic rings. The van der Waals surface area contributed by atoms with Gasteiger partial charge in [0, 0.05) is 23.3 Å². The van der Waals surface area contributed by atoms with E-state index < -0.39 is 0 Å². The SMILES string of the molecule is CC(=O)Oc1cccc2c1Nc1cccc(CC3CCCN(C)C3)c1S2. The van der Waals surface area contributed by atoms with Crippen molar-refractivity contribution in [3.63, 3.8) is 0 Å². The molecule has 1 unspecified atom stereocenters. The van der Waals surface area contributed by atoms with E-state index in [1.54, 1.807) is 11.8 Å². The molecule has 0 saturated carbocycles. The summed E-state index contributed by atoms with van der Waals surface area (Å²) in [6.45, 7) is 3.82. The van der Waals surface area contributed by atoms with Gasteiger partial charge in [-0.2, -0.15) is 0 Å². The quantitative estimate of drug-likeness (QED) is 0.536. The minimum Gasteiger partial charge on any atom is -0.424 e. The molecule has 0 aromatic heterocycles. The molecule has 26 heavy (non-hydrogen) atoms. The first-order valence-electron chi connectivity index (χ1n) is 9.17. The summed E-state index contributed by atoms with van der Waals surface area (Å²) in [4.78, 5) is 16.2. The van der Waals surface area contributed by atoms with Gasteiger partial charge in [0.1, 0.15) is 0 Å². The highest BCUT2D eigenvalue weighted by molar-refractivity contribution is 7.99. The normalized spacial score (nSPS) is 19.2. The molecule has 2 aliphatic rings. The van der Waals surface area contributed by atoms with E-state index in [0.29, 0.717) is 5.75 Å². The lowest BCUT2D eigenvalue weighted by Crippen LogP contribution is -2.33. The number of hydrogen-bond donors (Lipinski definition) is 1. The maximum absolute atomic E-state index is 11.4. The second kappa shape index (κ2) is 7.33. The molecule has 5 heteroatoms. The number of anilines is 2. The number of carbonyl (C=O) groups excluding carboxylic acids is 1. The van der Waals surface area contributed by atoms with Crippen LogP contribution in [-0.4, -0.2) is 31.0 Å². The summed E-state index contributed by atoms with van der Waals surface area (Å²) >= 11 is 1.77. The molecule has 1 atom stereocenters. The van der Waals surface area contributed by atoms with Gasteiger partial charge in [-0.05, 0) is 62.5 Å². The van der Waals surface area contributed by atoms with Gasteiger partial charge in [0.15, 0.2) is 5.75 Å². The van der Waals surface area contributed by atoms with Crippen LogP contribution in [-0.2, 0) is 11.2 Å². The zero-order chi connectivity index (χ0) is 18.1. The smallest absolute Gasteiger partial charge is 0.308 e. The molecule has 0 bridgehead atoms. The van der Waals surface area contributed by atoms with Crippen LogP contribution in [0.3, 0.4) is 0 Å². The molecule has 2 aliphatic heterocycles. The Morgan fingerprint density at radius 1 is 1.31 bits per heavy atom. The fourth-order valence-corrected chi connectivity index (χ4v) is 5.05. The first-order chi connectivity index (χ1) is 12.6. The Labute approximate surface area is 158 Å². The molecule has 136 valence electrons. The van der Waals surface area contributed by atoms with Gasteiger partial charge in [0.2, 0.25) is 0 Å². The standard InChI is InChI=1S/C21H24N2O2S/c1-14(24)25-18-9-4-10-19-20(18)22-17-8-3-7-16(21(17)26-19)12-15-6-5-11-23(2)13-15/h3-4,7-10,15,22H,5-6,11-13H2,1-2H3. The highest BCUT2D eigenvalue weighted by atomic mass is 32.2. The minimum atomic E-state index is -0.300. The molecule has 0 aliphatic carbocycles. The van der Waals surface area contributed by atoms with Crippen LogP contribution in [0.4, 0.5) is 11.4 Å². The number of rotatable bonds is 3. The number of piperidine rings is 1. The van der Waals surface area contributed by atoms with Gasteiger partial charge < -0.3 is 15.0 Å². The fraction of sp³-hybridized carbons (Fsp3) is 0.381. The molecule has 0 spiro atoms. The number of esters is 1. The fourth-order valence-electron chi connectivity index (χ4n) is 3.92.